The van der Waals surface area contributed by atoms with E-state index < -0.39 is 0 Å². The van der Waals surface area contributed by atoms with Gasteiger partial charge < -0.3 is 15.8 Å². The SMILES string of the molecule is CCOc1ccc(C(CCC(C)(C)N)NC)cc1. The monoisotopic (exact) mass is 250 g/mol. The molecule has 0 aliphatic rings. The molecule has 0 radical (unpaired) electrons. The van der Waals surface area contributed by atoms with Crippen LogP contribution in [0.25, 0.3) is 0 Å². The van der Waals surface area contributed by atoms with Crippen LogP contribution in [-0.2, 0) is 0 Å². The van der Waals surface area contributed by atoms with Crippen molar-refractivity contribution >= 4 is 0 Å². The van der Waals surface area contributed by atoms with Crippen LogP contribution in [0.1, 0.15) is 45.2 Å². The van der Waals surface area contributed by atoms with Crippen LogP contribution in [-0.4, -0.2) is 19.2 Å². The summed E-state index contributed by atoms with van der Waals surface area (Å²) in [7, 11) is 1.99. The van der Waals surface area contributed by atoms with Crippen LogP contribution < -0.4 is 15.8 Å². The van der Waals surface area contributed by atoms with E-state index in [0.29, 0.717) is 12.6 Å². The van der Waals surface area contributed by atoms with Crippen LogP contribution in [0.3, 0.4) is 0 Å². The molecule has 0 fully saturated rings. The highest BCUT2D eigenvalue weighted by atomic mass is 16.5. The Kier molecular flexibility index (Phi) is 5.63. The molecule has 1 atom stereocenters. The average molecular weight is 250 g/mol. The number of benzene rings is 1. The predicted molar refractivity (Wildman–Crippen MR) is 76.9 cm³/mol. The highest BCUT2D eigenvalue weighted by Crippen LogP contribution is 2.23. The first kappa shape index (κ1) is 15.0. The lowest BCUT2D eigenvalue weighted by molar-refractivity contribution is 0.340. The van der Waals surface area contributed by atoms with Crippen molar-refractivity contribution < 1.29 is 4.74 Å². The number of hydrogen-bond donors (Lipinski definition) is 2. The van der Waals surface area contributed by atoms with E-state index in [1.54, 1.807) is 0 Å². The summed E-state index contributed by atoms with van der Waals surface area (Å²) in [4.78, 5) is 0. The lowest BCUT2D eigenvalue weighted by atomic mass is 9.93. The molecule has 18 heavy (non-hydrogen) atoms. The van der Waals surface area contributed by atoms with Crippen molar-refractivity contribution in [2.24, 2.45) is 5.73 Å². The largest absolute Gasteiger partial charge is 0.494 e. The van der Waals surface area contributed by atoms with Gasteiger partial charge in [0.1, 0.15) is 5.75 Å². The summed E-state index contributed by atoms with van der Waals surface area (Å²) in [5, 5.41) is 3.35. The first-order valence-electron chi connectivity index (χ1n) is 6.65. The zero-order chi connectivity index (χ0) is 13.6. The number of hydrogen-bond acceptors (Lipinski definition) is 3. The molecule has 0 bridgehead atoms. The van der Waals surface area contributed by atoms with E-state index in [-0.39, 0.29) is 5.54 Å². The summed E-state index contributed by atoms with van der Waals surface area (Å²) in [6.45, 7) is 6.83. The van der Waals surface area contributed by atoms with Crippen LogP contribution in [0.15, 0.2) is 24.3 Å². The normalized spacial score (nSPS) is 13.4. The van der Waals surface area contributed by atoms with E-state index in [1.807, 2.05) is 26.1 Å². The van der Waals surface area contributed by atoms with Crippen LogP contribution in [0.4, 0.5) is 0 Å². The summed E-state index contributed by atoms with van der Waals surface area (Å²) in [5.41, 5.74) is 7.20. The molecule has 1 unspecified atom stereocenters. The van der Waals surface area contributed by atoms with Crippen molar-refractivity contribution in [2.75, 3.05) is 13.7 Å². The molecule has 0 aromatic heterocycles. The van der Waals surface area contributed by atoms with Crippen LogP contribution in [0.2, 0.25) is 0 Å². The first-order valence-corrected chi connectivity index (χ1v) is 6.65. The molecule has 0 amide bonds. The standard InChI is InChI=1S/C15H26N2O/c1-5-18-13-8-6-12(7-9-13)14(17-4)10-11-15(2,3)16/h6-9,14,17H,5,10-11,16H2,1-4H3. The molecule has 0 aliphatic carbocycles. The molecule has 1 aromatic rings. The van der Waals surface area contributed by atoms with Gasteiger partial charge in [0.15, 0.2) is 0 Å². The van der Waals surface area contributed by atoms with Gasteiger partial charge in [-0.1, -0.05) is 12.1 Å². The summed E-state index contributed by atoms with van der Waals surface area (Å²) < 4.78 is 5.45. The molecule has 0 heterocycles. The molecule has 102 valence electrons. The van der Waals surface area contributed by atoms with Gasteiger partial charge in [0, 0.05) is 11.6 Å². The minimum atomic E-state index is -0.111. The lowest BCUT2D eigenvalue weighted by Gasteiger charge is -2.23. The van der Waals surface area contributed by atoms with Crippen molar-refractivity contribution in [1.82, 2.24) is 5.32 Å². The Labute approximate surface area is 111 Å². The van der Waals surface area contributed by atoms with Crippen molar-refractivity contribution in [3.05, 3.63) is 29.8 Å². The van der Waals surface area contributed by atoms with E-state index in [1.165, 1.54) is 5.56 Å². The van der Waals surface area contributed by atoms with Gasteiger partial charge in [-0.15, -0.1) is 0 Å². The molecule has 3 heteroatoms. The molecule has 0 saturated heterocycles. The second-order valence-electron chi connectivity index (χ2n) is 5.37. The smallest absolute Gasteiger partial charge is 0.119 e. The second kappa shape index (κ2) is 6.76. The van der Waals surface area contributed by atoms with E-state index in [0.717, 1.165) is 18.6 Å². The zero-order valence-corrected chi connectivity index (χ0v) is 12.0. The van der Waals surface area contributed by atoms with Gasteiger partial charge in [0.25, 0.3) is 0 Å². The number of rotatable bonds is 7. The molecular formula is C15H26N2O. The second-order valence-corrected chi connectivity index (χ2v) is 5.37. The fraction of sp³-hybridized carbons (Fsp3) is 0.600. The fourth-order valence-corrected chi connectivity index (χ4v) is 1.96. The van der Waals surface area contributed by atoms with Gasteiger partial charge in [-0.2, -0.15) is 0 Å². The van der Waals surface area contributed by atoms with Crippen molar-refractivity contribution in [1.29, 1.82) is 0 Å². The maximum Gasteiger partial charge on any atom is 0.119 e. The van der Waals surface area contributed by atoms with E-state index in [2.05, 4.69) is 31.3 Å². The van der Waals surface area contributed by atoms with Gasteiger partial charge in [-0.3, -0.25) is 0 Å². The molecule has 1 rings (SSSR count). The van der Waals surface area contributed by atoms with E-state index in [4.69, 9.17) is 10.5 Å². The third-order valence-electron chi connectivity index (χ3n) is 3.02. The van der Waals surface area contributed by atoms with Gasteiger partial charge >= 0.3 is 0 Å². The lowest BCUT2D eigenvalue weighted by Crippen LogP contribution is -2.33. The van der Waals surface area contributed by atoms with E-state index >= 15 is 0 Å². The Morgan fingerprint density at radius 1 is 1.28 bits per heavy atom. The molecule has 0 aliphatic heterocycles. The number of nitrogens with two attached hydrogens (primary N) is 1. The Hall–Kier alpha value is -1.06. The quantitative estimate of drug-likeness (QED) is 0.782. The van der Waals surface area contributed by atoms with Gasteiger partial charge in [0.05, 0.1) is 6.61 Å². The molecule has 0 saturated carbocycles. The van der Waals surface area contributed by atoms with Crippen molar-refractivity contribution in [3.8, 4) is 5.75 Å². The summed E-state index contributed by atoms with van der Waals surface area (Å²) in [6, 6.07) is 8.64. The van der Waals surface area contributed by atoms with Crippen LogP contribution in [0, 0.1) is 0 Å². The summed E-state index contributed by atoms with van der Waals surface area (Å²) >= 11 is 0. The van der Waals surface area contributed by atoms with Crippen LogP contribution >= 0.6 is 0 Å². The molecule has 1 aromatic carbocycles. The van der Waals surface area contributed by atoms with Gasteiger partial charge in [-0.25, -0.2) is 0 Å². The number of ether oxygens (including phenoxy) is 1. The number of nitrogens with one attached hydrogen (secondary N) is 1. The maximum absolute atomic E-state index is 6.03. The molecular weight excluding hydrogens is 224 g/mol. The third-order valence-corrected chi connectivity index (χ3v) is 3.02. The third kappa shape index (κ3) is 5.07. The Morgan fingerprint density at radius 3 is 2.33 bits per heavy atom. The van der Waals surface area contributed by atoms with Crippen LogP contribution in [0.5, 0.6) is 5.75 Å². The minimum Gasteiger partial charge on any atom is -0.494 e. The Bertz CT molecular complexity index is 341. The molecule has 3 N–H and O–H groups in total. The van der Waals surface area contributed by atoms with Gasteiger partial charge in [-0.05, 0) is 58.4 Å². The average Bonchev–Trinajstić information content (AvgIpc) is 2.31. The highest BCUT2D eigenvalue weighted by Gasteiger charge is 2.15. The Morgan fingerprint density at radius 2 is 1.89 bits per heavy atom. The Balaban J connectivity index is 2.64. The molecule has 0 spiro atoms. The predicted octanol–water partition coefficient (Wildman–Crippen LogP) is 2.86. The zero-order valence-electron chi connectivity index (χ0n) is 12.0. The first-order chi connectivity index (χ1) is 8.46. The van der Waals surface area contributed by atoms with E-state index in [9.17, 15) is 0 Å². The minimum absolute atomic E-state index is 0.111. The topological polar surface area (TPSA) is 47.3 Å². The molecule has 3 nitrogen and oxygen atoms in total. The fourth-order valence-electron chi connectivity index (χ4n) is 1.96. The highest BCUT2D eigenvalue weighted by molar-refractivity contribution is 5.29. The summed E-state index contributed by atoms with van der Waals surface area (Å²) in [6.07, 6.45) is 2.03. The maximum atomic E-state index is 6.03. The van der Waals surface area contributed by atoms with Crippen molar-refractivity contribution in [3.63, 3.8) is 0 Å². The summed E-state index contributed by atoms with van der Waals surface area (Å²) in [5.74, 6) is 0.926. The van der Waals surface area contributed by atoms with Crippen molar-refractivity contribution in [2.45, 2.75) is 45.2 Å². The van der Waals surface area contributed by atoms with Gasteiger partial charge in [0.2, 0.25) is 0 Å².